The summed E-state index contributed by atoms with van der Waals surface area (Å²) in [6, 6.07) is 16.4. The number of carbonyl (C=O) groups excluding carboxylic acids is 1. The summed E-state index contributed by atoms with van der Waals surface area (Å²) in [5.74, 6) is 1.01. The number of para-hydroxylation sites is 2. The molecule has 2 aromatic rings. The molecular formula is C20H21NO5S. The molecule has 0 aromatic heterocycles. The number of hydrogen-bond acceptors (Lipinski definition) is 5. The number of nitrogens with zero attached hydrogens (tertiary/aromatic N) is 1. The second kappa shape index (κ2) is 7.23. The molecule has 0 N–H and O–H groups in total. The Bertz CT molecular complexity index is 928. The van der Waals surface area contributed by atoms with E-state index in [0.29, 0.717) is 24.5 Å². The molecular weight excluding hydrogens is 366 g/mol. The van der Waals surface area contributed by atoms with Crippen molar-refractivity contribution in [2.75, 3.05) is 18.1 Å². The molecule has 2 unspecified atom stereocenters. The van der Waals surface area contributed by atoms with Crippen LogP contribution in [0.4, 0.5) is 0 Å². The second-order valence-electron chi connectivity index (χ2n) is 6.87. The van der Waals surface area contributed by atoms with E-state index in [1.807, 2.05) is 42.5 Å². The average Bonchev–Trinajstić information content (AvgIpc) is 3.05. The number of sulfone groups is 1. The van der Waals surface area contributed by atoms with E-state index in [1.165, 1.54) is 0 Å². The number of benzene rings is 2. The molecule has 6 nitrogen and oxygen atoms in total. The van der Waals surface area contributed by atoms with Crippen LogP contribution in [-0.4, -0.2) is 49.5 Å². The summed E-state index contributed by atoms with van der Waals surface area (Å²) in [7, 11) is -3.11. The lowest BCUT2D eigenvalue weighted by Crippen LogP contribution is -2.50. The second-order valence-corrected chi connectivity index (χ2v) is 9.10. The molecule has 0 radical (unpaired) electrons. The van der Waals surface area contributed by atoms with Crippen LogP contribution < -0.4 is 9.47 Å². The fourth-order valence-electron chi connectivity index (χ4n) is 3.51. The predicted molar refractivity (Wildman–Crippen MR) is 100 cm³/mol. The molecule has 0 spiro atoms. The van der Waals surface area contributed by atoms with Crippen LogP contribution in [0.15, 0.2) is 54.6 Å². The van der Waals surface area contributed by atoms with Crippen molar-refractivity contribution < 1.29 is 22.7 Å². The molecule has 2 heterocycles. The minimum absolute atomic E-state index is 0.00423. The molecule has 7 heteroatoms. The summed E-state index contributed by atoms with van der Waals surface area (Å²) in [4.78, 5) is 14.9. The summed E-state index contributed by atoms with van der Waals surface area (Å²) in [6.07, 6.45) is -0.336. The zero-order chi connectivity index (χ0) is 18.9. The lowest BCUT2D eigenvalue weighted by atomic mass is 10.1. The maximum Gasteiger partial charge on any atom is 0.267 e. The van der Waals surface area contributed by atoms with Crippen molar-refractivity contribution >= 4 is 15.7 Å². The van der Waals surface area contributed by atoms with Gasteiger partial charge in [-0.05, 0) is 24.1 Å². The molecule has 27 heavy (non-hydrogen) atoms. The van der Waals surface area contributed by atoms with Gasteiger partial charge in [0.15, 0.2) is 21.3 Å². The van der Waals surface area contributed by atoms with Crippen LogP contribution in [0.2, 0.25) is 0 Å². The highest BCUT2D eigenvalue weighted by atomic mass is 32.2. The summed E-state index contributed by atoms with van der Waals surface area (Å²) in [5.41, 5.74) is 0.951. The minimum Gasteiger partial charge on any atom is -0.485 e. The highest BCUT2D eigenvalue weighted by Gasteiger charge is 2.39. The van der Waals surface area contributed by atoms with Gasteiger partial charge in [-0.2, -0.15) is 0 Å². The molecule has 0 saturated carbocycles. The lowest BCUT2D eigenvalue weighted by molar-refractivity contribution is -0.143. The van der Waals surface area contributed by atoms with Crippen LogP contribution in [0, 0.1) is 0 Å². The number of fused-ring (bicyclic) bond motifs is 1. The SMILES string of the molecule is O=C(C1COc2ccccc2O1)N(Cc1ccccc1)C1CCS(=O)(=O)C1. The van der Waals surface area contributed by atoms with Gasteiger partial charge in [0.25, 0.3) is 5.91 Å². The molecule has 4 rings (SSSR count). The van der Waals surface area contributed by atoms with Gasteiger partial charge in [0.05, 0.1) is 11.5 Å². The smallest absolute Gasteiger partial charge is 0.267 e. The third kappa shape index (κ3) is 3.93. The van der Waals surface area contributed by atoms with E-state index in [9.17, 15) is 13.2 Å². The highest BCUT2D eigenvalue weighted by molar-refractivity contribution is 7.91. The van der Waals surface area contributed by atoms with Gasteiger partial charge in [-0.3, -0.25) is 4.79 Å². The first-order chi connectivity index (χ1) is 13.0. The molecule has 2 aliphatic rings. The molecule has 2 aromatic carbocycles. The van der Waals surface area contributed by atoms with Crippen molar-refractivity contribution in [1.29, 1.82) is 0 Å². The van der Waals surface area contributed by atoms with E-state index in [-0.39, 0.29) is 30.1 Å². The van der Waals surface area contributed by atoms with E-state index in [2.05, 4.69) is 0 Å². The van der Waals surface area contributed by atoms with E-state index in [4.69, 9.17) is 9.47 Å². The first-order valence-corrected chi connectivity index (χ1v) is 10.8. The van der Waals surface area contributed by atoms with Crippen molar-refractivity contribution in [3.05, 3.63) is 60.2 Å². The van der Waals surface area contributed by atoms with E-state index < -0.39 is 15.9 Å². The number of amides is 1. The average molecular weight is 387 g/mol. The fourth-order valence-corrected chi connectivity index (χ4v) is 5.25. The first-order valence-electron chi connectivity index (χ1n) is 8.95. The number of rotatable bonds is 4. The molecule has 1 amide bonds. The van der Waals surface area contributed by atoms with Crippen LogP contribution in [0.3, 0.4) is 0 Å². The van der Waals surface area contributed by atoms with Gasteiger partial charge in [0.1, 0.15) is 6.61 Å². The number of ether oxygens (including phenoxy) is 2. The number of hydrogen-bond donors (Lipinski definition) is 0. The van der Waals surface area contributed by atoms with E-state index in [0.717, 1.165) is 5.56 Å². The Kier molecular flexibility index (Phi) is 4.78. The molecule has 142 valence electrons. The lowest BCUT2D eigenvalue weighted by Gasteiger charge is -2.34. The maximum absolute atomic E-state index is 13.2. The Labute approximate surface area is 158 Å². The van der Waals surface area contributed by atoms with Gasteiger partial charge in [0, 0.05) is 12.6 Å². The first kappa shape index (κ1) is 17.9. The maximum atomic E-state index is 13.2. The van der Waals surface area contributed by atoms with Crippen molar-refractivity contribution in [1.82, 2.24) is 4.90 Å². The summed E-state index contributed by atoms with van der Waals surface area (Å²) in [6.45, 7) is 0.460. The Morgan fingerprint density at radius 1 is 1.04 bits per heavy atom. The molecule has 2 atom stereocenters. The highest BCUT2D eigenvalue weighted by Crippen LogP contribution is 2.32. The van der Waals surface area contributed by atoms with Gasteiger partial charge in [-0.25, -0.2) is 8.42 Å². The van der Waals surface area contributed by atoms with Crippen molar-refractivity contribution in [3.8, 4) is 11.5 Å². The van der Waals surface area contributed by atoms with Crippen LogP contribution in [-0.2, 0) is 21.2 Å². The Hall–Kier alpha value is -2.54. The van der Waals surface area contributed by atoms with Crippen molar-refractivity contribution in [2.45, 2.75) is 25.1 Å². The third-order valence-corrected chi connectivity index (χ3v) is 6.66. The Balaban J connectivity index is 1.57. The van der Waals surface area contributed by atoms with Gasteiger partial charge < -0.3 is 14.4 Å². The van der Waals surface area contributed by atoms with E-state index >= 15 is 0 Å². The quantitative estimate of drug-likeness (QED) is 0.803. The Morgan fingerprint density at radius 2 is 1.74 bits per heavy atom. The largest absolute Gasteiger partial charge is 0.485 e. The molecule has 0 aliphatic carbocycles. The topological polar surface area (TPSA) is 72.9 Å². The van der Waals surface area contributed by atoms with Crippen LogP contribution >= 0.6 is 0 Å². The van der Waals surface area contributed by atoms with Crippen LogP contribution in [0.1, 0.15) is 12.0 Å². The molecule has 0 bridgehead atoms. The minimum atomic E-state index is -3.11. The fraction of sp³-hybridized carbons (Fsp3) is 0.350. The van der Waals surface area contributed by atoms with Gasteiger partial charge >= 0.3 is 0 Å². The van der Waals surface area contributed by atoms with Crippen LogP contribution in [0.25, 0.3) is 0 Å². The summed E-state index contributed by atoms with van der Waals surface area (Å²) >= 11 is 0. The van der Waals surface area contributed by atoms with Gasteiger partial charge in [0.2, 0.25) is 6.10 Å². The third-order valence-electron chi connectivity index (χ3n) is 4.91. The summed E-state index contributed by atoms with van der Waals surface area (Å²) < 4.78 is 35.5. The van der Waals surface area contributed by atoms with Gasteiger partial charge in [-0.15, -0.1) is 0 Å². The molecule has 1 fully saturated rings. The van der Waals surface area contributed by atoms with Crippen molar-refractivity contribution in [3.63, 3.8) is 0 Å². The van der Waals surface area contributed by atoms with Gasteiger partial charge in [-0.1, -0.05) is 42.5 Å². The standard InChI is InChI=1S/C20H21NO5S/c22-20(19-13-25-17-8-4-5-9-18(17)26-19)21(12-15-6-2-1-3-7-15)16-10-11-27(23,24)14-16/h1-9,16,19H,10-14H2. The summed E-state index contributed by atoms with van der Waals surface area (Å²) in [5, 5.41) is 0. The predicted octanol–water partition coefficient (Wildman–Crippen LogP) is 2.04. The zero-order valence-electron chi connectivity index (χ0n) is 14.8. The molecule has 2 aliphatic heterocycles. The normalized spacial score (nSPS) is 23.0. The molecule has 1 saturated heterocycles. The van der Waals surface area contributed by atoms with Crippen LogP contribution in [0.5, 0.6) is 11.5 Å². The Morgan fingerprint density at radius 3 is 2.44 bits per heavy atom. The zero-order valence-corrected chi connectivity index (χ0v) is 15.6. The number of carbonyl (C=O) groups is 1. The van der Waals surface area contributed by atoms with Crippen molar-refractivity contribution in [2.24, 2.45) is 0 Å². The monoisotopic (exact) mass is 387 g/mol. The van der Waals surface area contributed by atoms with E-state index in [1.54, 1.807) is 17.0 Å².